The third-order valence-electron chi connectivity index (χ3n) is 3.55. The van der Waals surface area contributed by atoms with E-state index < -0.39 is 0 Å². The quantitative estimate of drug-likeness (QED) is 0.461. The maximum Gasteiger partial charge on any atom is 0.151 e. The van der Waals surface area contributed by atoms with Gasteiger partial charge >= 0.3 is 0 Å². The highest BCUT2D eigenvalue weighted by molar-refractivity contribution is 6.19. The van der Waals surface area contributed by atoms with E-state index in [1.165, 1.54) is 0 Å². The molecule has 2 heteroatoms. The van der Waals surface area contributed by atoms with Crippen LogP contribution in [0.5, 0.6) is 0 Å². The standard InChI is InChI=1S/C17H10O2/c18-10-14-12-6-2-1-5-11(12)9-16-17(14)13-7-3-4-8-15(13)19-16/h1-10H. The minimum atomic E-state index is 0.707. The monoisotopic (exact) mass is 246 g/mol. The molecule has 0 aliphatic heterocycles. The van der Waals surface area contributed by atoms with Crippen molar-refractivity contribution in [3.63, 3.8) is 0 Å². The zero-order chi connectivity index (χ0) is 12.8. The van der Waals surface area contributed by atoms with E-state index in [1.807, 2.05) is 54.6 Å². The first kappa shape index (κ1) is 10.3. The van der Waals surface area contributed by atoms with Gasteiger partial charge in [-0.25, -0.2) is 0 Å². The molecule has 90 valence electrons. The number of aldehydes is 1. The third-order valence-corrected chi connectivity index (χ3v) is 3.55. The number of benzene rings is 3. The Labute approximate surface area is 109 Å². The number of rotatable bonds is 1. The maximum atomic E-state index is 11.5. The average molecular weight is 246 g/mol. The Morgan fingerprint density at radius 3 is 2.42 bits per heavy atom. The summed E-state index contributed by atoms with van der Waals surface area (Å²) < 4.78 is 5.84. The molecule has 0 bridgehead atoms. The molecule has 4 rings (SSSR count). The summed E-state index contributed by atoms with van der Waals surface area (Å²) in [6, 6.07) is 17.7. The highest BCUT2D eigenvalue weighted by atomic mass is 16.3. The molecule has 0 N–H and O–H groups in total. The summed E-state index contributed by atoms with van der Waals surface area (Å²) in [6.45, 7) is 0. The molecule has 4 aromatic rings. The van der Waals surface area contributed by atoms with Crippen LogP contribution in [0.1, 0.15) is 10.4 Å². The number of fused-ring (bicyclic) bond motifs is 4. The molecule has 0 atom stereocenters. The molecule has 2 nitrogen and oxygen atoms in total. The van der Waals surface area contributed by atoms with E-state index in [9.17, 15) is 4.79 Å². The first-order chi connectivity index (χ1) is 9.38. The van der Waals surface area contributed by atoms with Crippen LogP contribution in [-0.2, 0) is 0 Å². The van der Waals surface area contributed by atoms with E-state index in [-0.39, 0.29) is 0 Å². The number of hydrogen-bond donors (Lipinski definition) is 0. The van der Waals surface area contributed by atoms with Gasteiger partial charge in [0, 0.05) is 16.3 Å². The minimum absolute atomic E-state index is 0.707. The number of furan rings is 1. The van der Waals surface area contributed by atoms with Gasteiger partial charge in [-0.05, 0) is 22.9 Å². The predicted molar refractivity (Wildman–Crippen MR) is 76.6 cm³/mol. The molecule has 1 aromatic heterocycles. The van der Waals surface area contributed by atoms with Gasteiger partial charge in [0.2, 0.25) is 0 Å². The summed E-state index contributed by atoms with van der Waals surface area (Å²) in [4.78, 5) is 11.5. The molecule has 3 aromatic carbocycles. The molecular formula is C17H10O2. The molecule has 0 saturated carbocycles. The fourth-order valence-electron chi connectivity index (χ4n) is 2.71. The van der Waals surface area contributed by atoms with Gasteiger partial charge in [-0.15, -0.1) is 0 Å². The number of carbonyl (C=O) groups excluding carboxylic acids is 1. The predicted octanol–water partition coefficient (Wildman–Crippen LogP) is 4.55. The minimum Gasteiger partial charge on any atom is -0.456 e. The Bertz CT molecular complexity index is 932. The van der Waals surface area contributed by atoms with Crippen molar-refractivity contribution in [3.05, 3.63) is 60.2 Å². The van der Waals surface area contributed by atoms with E-state index in [4.69, 9.17) is 4.42 Å². The second-order valence-electron chi connectivity index (χ2n) is 4.60. The first-order valence-electron chi connectivity index (χ1n) is 6.16. The van der Waals surface area contributed by atoms with Crippen LogP contribution in [0.15, 0.2) is 59.0 Å². The van der Waals surface area contributed by atoms with Gasteiger partial charge in [0.15, 0.2) is 6.29 Å². The summed E-state index contributed by atoms with van der Waals surface area (Å²) >= 11 is 0. The molecule has 1 heterocycles. The lowest BCUT2D eigenvalue weighted by atomic mass is 9.99. The summed E-state index contributed by atoms with van der Waals surface area (Å²) in [5, 5.41) is 3.89. The molecule has 0 radical (unpaired) electrons. The molecule has 0 fully saturated rings. The van der Waals surface area contributed by atoms with Crippen molar-refractivity contribution >= 4 is 39.0 Å². The van der Waals surface area contributed by atoms with Crippen molar-refractivity contribution in [3.8, 4) is 0 Å². The van der Waals surface area contributed by atoms with Crippen molar-refractivity contribution in [2.24, 2.45) is 0 Å². The second kappa shape index (κ2) is 3.69. The summed E-state index contributed by atoms with van der Waals surface area (Å²) in [5.74, 6) is 0. The molecule has 0 aliphatic rings. The van der Waals surface area contributed by atoms with Crippen LogP contribution >= 0.6 is 0 Å². The molecule has 19 heavy (non-hydrogen) atoms. The summed E-state index contributed by atoms with van der Waals surface area (Å²) in [7, 11) is 0. The van der Waals surface area contributed by atoms with E-state index in [2.05, 4.69) is 0 Å². The Kier molecular flexibility index (Phi) is 2.00. The smallest absolute Gasteiger partial charge is 0.151 e. The van der Waals surface area contributed by atoms with Crippen LogP contribution in [0.2, 0.25) is 0 Å². The van der Waals surface area contributed by atoms with Gasteiger partial charge in [0.1, 0.15) is 11.2 Å². The largest absolute Gasteiger partial charge is 0.456 e. The lowest BCUT2D eigenvalue weighted by Gasteiger charge is -2.02. The number of carbonyl (C=O) groups is 1. The van der Waals surface area contributed by atoms with Crippen molar-refractivity contribution < 1.29 is 9.21 Å². The van der Waals surface area contributed by atoms with Crippen LogP contribution < -0.4 is 0 Å². The van der Waals surface area contributed by atoms with E-state index in [0.717, 1.165) is 39.0 Å². The zero-order valence-corrected chi connectivity index (χ0v) is 10.1. The fraction of sp³-hybridized carbons (Fsp3) is 0. The summed E-state index contributed by atoms with van der Waals surface area (Å²) in [5.41, 5.74) is 2.29. The molecular weight excluding hydrogens is 236 g/mol. The Balaban J connectivity index is 2.36. The lowest BCUT2D eigenvalue weighted by molar-refractivity contribution is 0.112. The normalized spacial score (nSPS) is 11.4. The number of hydrogen-bond acceptors (Lipinski definition) is 2. The zero-order valence-electron chi connectivity index (χ0n) is 10.1. The Hall–Kier alpha value is -2.61. The second-order valence-corrected chi connectivity index (χ2v) is 4.60. The van der Waals surface area contributed by atoms with Gasteiger partial charge < -0.3 is 4.42 Å². The van der Waals surface area contributed by atoms with Crippen LogP contribution in [0.25, 0.3) is 32.7 Å². The van der Waals surface area contributed by atoms with Crippen molar-refractivity contribution in [2.75, 3.05) is 0 Å². The van der Waals surface area contributed by atoms with Gasteiger partial charge in [-0.1, -0.05) is 42.5 Å². The van der Waals surface area contributed by atoms with E-state index >= 15 is 0 Å². The molecule has 0 aliphatic carbocycles. The number of para-hydroxylation sites is 1. The maximum absolute atomic E-state index is 11.5. The van der Waals surface area contributed by atoms with Gasteiger partial charge in [-0.2, -0.15) is 0 Å². The molecule has 0 unspecified atom stereocenters. The van der Waals surface area contributed by atoms with Crippen LogP contribution in [-0.4, -0.2) is 6.29 Å². The third kappa shape index (κ3) is 1.34. The van der Waals surface area contributed by atoms with E-state index in [0.29, 0.717) is 5.56 Å². The lowest BCUT2D eigenvalue weighted by Crippen LogP contribution is -1.85. The molecule has 0 spiro atoms. The van der Waals surface area contributed by atoms with Crippen molar-refractivity contribution in [2.45, 2.75) is 0 Å². The molecule has 0 amide bonds. The SMILES string of the molecule is O=Cc1c2ccccc2cc2oc3ccccc3c12. The Morgan fingerprint density at radius 1 is 0.842 bits per heavy atom. The fourth-order valence-corrected chi connectivity index (χ4v) is 2.71. The first-order valence-corrected chi connectivity index (χ1v) is 6.16. The summed E-state index contributed by atoms with van der Waals surface area (Å²) in [6.07, 6.45) is 0.923. The molecule has 0 saturated heterocycles. The average Bonchev–Trinajstić information content (AvgIpc) is 2.82. The van der Waals surface area contributed by atoms with Gasteiger partial charge in [0.05, 0.1) is 0 Å². The van der Waals surface area contributed by atoms with Gasteiger partial charge in [0.25, 0.3) is 0 Å². The highest BCUT2D eigenvalue weighted by Crippen LogP contribution is 2.34. The van der Waals surface area contributed by atoms with E-state index in [1.54, 1.807) is 0 Å². The highest BCUT2D eigenvalue weighted by Gasteiger charge is 2.13. The topological polar surface area (TPSA) is 30.2 Å². The van der Waals surface area contributed by atoms with Crippen LogP contribution in [0, 0.1) is 0 Å². The van der Waals surface area contributed by atoms with Crippen molar-refractivity contribution in [1.82, 2.24) is 0 Å². The van der Waals surface area contributed by atoms with Crippen LogP contribution in [0.3, 0.4) is 0 Å². The van der Waals surface area contributed by atoms with Crippen molar-refractivity contribution in [1.29, 1.82) is 0 Å². The van der Waals surface area contributed by atoms with Crippen LogP contribution in [0.4, 0.5) is 0 Å². The van der Waals surface area contributed by atoms with Gasteiger partial charge in [-0.3, -0.25) is 4.79 Å². The Morgan fingerprint density at radius 2 is 1.58 bits per heavy atom.